The van der Waals surface area contributed by atoms with E-state index in [4.69, 9.17) is 4.74 Å². The number of carbonyl (C=O) groups excluding carboxylic acids is 2. The molecule has 0 aromatic heterocycles. The number of carbonyl (C=O) groups is 2. The molecular weight excluding hydrogens is 279 g/mol. The van der Waals surface area contributed by atoms with Crippen molar-refractivity contribution >= 4 is 19.8 Å². The van der Waals surface area contributed by atoms with Crippen molar-refractivity contribution in [1.82, 2.24) is 0 Å². The molecule has 0 saturated carbocycles. The average molecular weight is 298 g/mol. The van der Waals surface area contributed by atoms with Crippen LogP contribution in [0.3, 0.4) is 0 Å². The van der Waals surface area contributed by atoms with Crippen molar-refractivity contribution in [2.24, 2.45) is 0 Å². The highest BCUT2D eigenvalue weighted by Gasteiger charge is 2.24. The fraction of sp³-hybridized carbons (Fsp3) is 0.800. The van der Waals surface area contributed by atoms with Gasteiger partial charge in [-0.1, -0.05) is 6.92 Å². The largest absolute Gasteiger partial charge is 0.472 e. The molecule has 2 unspecified atom stereocenters. The third kappa shape index (κ3) is 10.6. The summed E-state index contributed by atoms with van der Waals surface area (Å²) in [6.45, 7) is 3.51. The van der Waals surface area contributed by atoms with Crippen molar-refractivity contribution in [1.29, 1.82) is 0 Å². The summed E-state index contributed by atoms with van der Waals surface area (Å²) in [5, 5.41) is 0. The van der Waals surface area contributed by atoms with E-state index in [0.717, 1.165) is 6.92 Å². The number of rotatable bonds is 9. The van der Waals surface area contributed by atoms with Gasteiger partial charge < -0.3 is 14.4 Å². The van der Waals surface area contributed by atoms with Crippen LogP contribution in [0.4, 0.5) is 0 Å². The van der Waals surface area contributed by atoms with E-state index in [-0.39, 0.29) is 13.2 Å². The number of phosphoric acid groups is 1. The van der Waals surface area contributed by atoms with Crippen LogP contribution in [0.5, 0.6) is 0 Å². The van der Waals surface area contributed by atoms with Crippen LogP contribution in [0.1, 0.15) is 27.2 Å². The third-order valence-corrected chi connectivity index (χ3v) is 2.67. The van der Waals surface area contributed by atoms with Crippen LogP contribution in [0, 0.1) is 0 Å². The molecule has 0 aliphatic heterocycles. The van der Waals surface area contributed by atoms with Crippen LogP contribution in [0.2, 0.25) is 0 Å². The van der Waals surface area contributed by atoms with Gasteiger partial charge in [0.25, 0.3) is 0 Å². The van der Waals surface area contributed by atoms with Gasteiger partial charge in [-0.15, -0.1) is 0 Å². The second-order valence-corrected chi connectivity index (χ2v) is 5.09. The summed E-state index contributed by atoms with van der Waals surface area (Å²) in [4.78, 5) is 30.7. The number of phosphoric ester groups is 1. The Morgan fingerprint density at radius 2 is 1.79 bits per heavy atom. The van der Waals surface area contributed by atoms with Crippen LogP contribution >= 0.6 is 7.82 Å². The number of hydrogen-bond donors (Lipinski definition) is 1. The molecule has 112 valence electrons. The maximum atomic E-state index is 11.4. The van der Waals surface area contributed by atoms with Gasteiger partial charge in [0, 0.05) is 13.8 Å². The molecule has 19 heavy (non-hydrogen) atoms. The fourth-order valence-electron chi connectivity index (χ4n) is 0.982. The quantitative estimate of drug-likeness (QED) is 0.496. The molecule has 0 heterocycles. The van der Waals surface area contributed by atoms with Crippen molar-refractivity contribution in [3.8, 4) is 0 Å². The summed E-state index contributed by atoms with van der Waals surface area (Å²) in [6, 6.07) is 0. The van der Waals surface area contributed by atoms with Gasteiger partial charge in [-0.3, -0.25) is 18.6 Å². The van der Waals surface area contributed by atoms with Crippen molar-refractivity contribution in [2.75, 3.05) is 19.8 Å². The monoisotopic (exact) mass is 298 g/mol. The van der Waals surface area contributed by atoms with E-state index in [9.17, 15) is 19.0 Å². The molecule has 0 aliphatic rings. The van der Waals surface area contributed by atoms with E-state index in [1.165, 1.54) is 6.92 Å². The van der Waals surface area contributed by atoms with Crippen molar-refractivity contribution in [3.05, 3.63) is 0 Å². The molecule has 8 nitrogen and oxygen atoms in total. The van der Waals surface area contributed by atoms with Crippen molar-refractivity contribution in [2.45, 2.75) is 33.3 Å². The molecule has 0 fully saturated rings. The molecule has 0 aromatic rings. The molecule has 0 amide bonds. The van der Waals surface area contributed by atoms with Crippen LogP contribution in [-0.4, -0.2) is 42.8 Å². The molecule has 0 bridgehead atoms. The number of esters is 2. The lowest BCUT2D eigenvalue weighted by Crippen LogP contribution is -2.28. The highest BCUT2D eigenvalue weighted by Crippen LogP contribution is 2.43. The van der Waals surface area contributed by atoms with Crippen LogP contribution in [0.25, 0.3) is 0 Å². The summed E-state index contributed by atoms with van der Waals surface area (Å²) in [5.41, 5.74) is 0. The first-order valence-corrected chi connectivity index (χ1v) is 7.18. The first-order valence-electron chi connectivity index (χ1n) is 5.69. The zero-order valence-electron chi connectivity index (χ0n) is 11.2. The molecule has 1 N–H and O–H groups in total. The zero-order valence-corrected chi connectivity index (χ0v) is 12.1. The Morgan fingerprint density at radius 3 is 2.26 bits per heavy atom. The van der Waals surface area contributed by atoms with E-state index in [2.05, 4.69) is 13.8 Å². The third-order valence-electron chi connectivity index (χ3n) is 1.69. The minimum Gasteiger partial charge on any atom is -0.462 e. The highest BCUT2D eigenvalue weighted by molar-refractivity contribution is 7.47. The SMILES string of the molecule is CCCOP(=O)(O)OCC(COC(C)=O)OC(C)=O. The van der Waals surface area contributed by atoms with Gasteiger partial charge in [-0.2, -0.15) is 0 Å². The molecule has 0 aliphatic carbocycles. The van der Waals surface area contributed by atoms with Crippen LogP contribution in [-0.2, 0) is 32.7 Å². The first-order chi connectivity index (χ1) is 8.76. The van der Waals surface area contributed by atoms with Gasteiger partial charge in [0.1, 0.15) is 6.61 Å². The van der Waals surface area contributed by atoms with E-state index < -0.39 is 32.5 Å². The Hall–Kier alpha value is -0.950. The highest BCUT2D eigenvalue weighted by atomic mass is 31.2. The first kappa shape index (κ1) is 18.0. The standard InChI is InChI=1S/C10H19O8P/c1-4-5-16-19(13,14)17-7-10(18-9(3)12)6-15-8(2)11/h10H,4-7H2,1-3H3,(H,13,14). The van der Waals surface area contributed by atoms with Gasteiger partial charge in [-0.25, -0.2) is 4.57 Å². The Bertz CT molecular complexity index is 342. The van der Waals surface area contributed by atoms with Crippen LogP contribution in [0.15, 0.2) is 0 Å². The lowest BCUT2D eigenvalue weighted by atomic mass is 10.4. The Labute approximate surface area is 111 Å². The maximum absolute atomic E-state index is 11.4. The summed E-state index contributed by atoms with van der Waals surface area (Å²) >= 11 is 0. The molecule has 0 spiro atoms. The van der Waals surface area contributed by atoms with Gasteiger partial charge in [0.15, 0.2) is 6.10 Å². The molecule has 0 radical (unpaired) electrons. The predicted octanol–water partition coefficient (Wildman–Crippen LogP) is 1.02. The second kappa shape index (κ2) is 9.03. The Kier molecular flexibility index (Phi) is 8.58. The van der Waals surface area contributed by atoms with Crippen LogP contribution < -0.4 is 0 Å². The van der Waals surface area contributed by atoms with E-state index in [1.807, 2.05) is 0 Å². The number of hydrogen-bond acceptors (Lipinski definition) is 7. The van der Waals surface area contributed by atoms with E-state index >= 15 is 0 Å². The molecule has 9 heteroatoms. The van der Waals surface area contributed by atoms with Gasteiger partial charge in [-0.05, 0) is 6.42 Å². The van der Waals surface area contributed by atoms with Crippen molar-refractivity contribution in [3.63, 3.8) is 0 Å². The topological polar surface area (TPSA) is 108 Å². The average Bonchev–Trinajstić information content (AvgIpc) is 2.29. The molecule has 2 atom stereocenters. The van der Waals surface area contributed by atoms with Gasteiger partial charge in [0.2, 0.25) is 0 Å². The lowest BCUT2D eigenvalue weighted by molar-refractivity contribution is -0.158. The predicted molar refractivity (Wildman–Crippen MR) is 64.2 cm³/mol. The summed E-state index contributed by atoms with van der Waals surface area (Å²) in [5.74, 6) is -1.19. The summed E-state index contributed by atoms with van der Waals surface area (Å²) in [6.07, 6.45) is -0.415. The maximum Gasteiger partial charge on any atom is 0.472 e. The molecule has 0 aromatic carbocycles. The van der Waals surface area contributed by atoms with E-state index in [1.54, 1.807) is 6.92 Å². The molecule has 0 saturated heterocycles. The smallest absolute Gasteiger partial charge is 0.462 e. The Balaban J connectivity index is 4.26. The summed E-state index contributed by atoms with van der Waals surface area (Å²) < 4.78 is 30.0. The Morgan fingerprint density at radius 1 is 1.16 bits per heavy atom. The molecule has 0 rings (SSSR count). The van der Waals surface area contributed by atoms with Crippen molar-refractivity contribution < 1.29 is 37.6 Å². The van der Waals surface area contributed by atoms with E-state index in [0.29, 0.717) is 6.42 Å². The van der Waals surface area contributed by atoms with Gasteiger partial charge in [0.05, 0.1) is 13.2 Å². The van der Waals surface area contributed by atoms with Gasteiger partial charge >= 0.3 is 19.8 Å². The number of ether oxygens (including phenoxy) is 2. The summed E-state index contributed by atoms with van der Waals surface area (Å²) in [7, 11) is -4.19. The molecular formula is C10H19O8P. The lowest BCUT2D eigenvalue weighted by Gasteiger charge is -2.18. The minimum absolute atomic E-state index is 0.0654. The minimum atomic E-state index is -4.19. The fourth-order valence-corrected chi connectivity index (χ4v) is 1.82. The zero-order chi connectivity index (χ0) is 14.9. The normalized spacial score (nSPS) is 15.4. The second-order valence-electron chi connectivity index (χ2n) is 3.63.